The minimum Gasteiger partial charge on any atom is -0.356 e. The molecule has 1 amide bonds. The summed E-state index contributed by atoms with van der Waals surface area (Å²) in [5.41, 5.74) is 2.11. The van der Waals surface area contributed by atoms with Crippen LogP contribution in [-0.4, -0.2) is 32.0 Å². The van der Waals surface area contributed by atoms with Gasteiger partial charge in [0.1, 0.15) is 0 Å². The van der Waals surface area contributed by atoms with Gasteiger partial charge in [0.25, 0.3) is 0 Å². The van der Waals surface area contributed by atoms with Crippen molar-refractivity contribution in [3.8, 4) is 0 Å². The molecule has 5 heteroatoms. The van der Waals surface area contributed by atoms with Crippen LogP contribution in [0.1, 0.15) is 37.7 Å². The van der Waals surface area contributed by atoms with E-state index in [4.69, 9.17) is 0 Å². The summed E-state index contributed by atoms with van der Waals surface area (Å²) in [6.45, 7) is 3.78. The summed E-state index contributed by atoms with van der Waals surface area (Å²) in [6.07, 6.45) is 2.78. The minimum absolute atomic E-state index is 0.0782. The molecule has 1 atom stereocenters. The van der Waals surface area contributed by atoms with Gasteiger partial charge in [-0.1, -0.05) is 31.5 Å². The summed E-state index contributed by atoms with van der Waals surface area (Å²) >= 11 is 0. The number of anilines is 1. The first-order valence-electron chi connectivity index (χ1n) is 7.58. The molecule has 1 aromatic rings. The highest BCUT2D eigenvalue weighted by Gasteiger charge is 2.24. The van der Waals surface area contributed by atoms with Crippen molar-refractivity contribution in [1.82, 2.24) is 10.6 Å². The van der Waals surface area contributed by atoms with E-state index in [1.807, 2.05) is 18.2 Å². The van der Waals surface area contributed by atoms with Crippen molar-refractivity contribution in [2.75, 3.05) is 25.5 Å². The monoisotopic (exact) mass is 288 g/mol. The number of carbonyl (C=O) groups excluding carboxylic acids is 1. The molecule has 1 aliphatic rings. The third-order valence-electron chi connectivity index (χ3n) is 3.67. The number of aliphatic imine (C=N–C) groups is 1. The lowest BCUT2D eigenvalue weighted by Gasteiger charge is -2.26. The molecule has 114 valence electrons. The number of unbranched alkanes of at least 4 members (excludes halogenated alkanes) is 1. The van der Waals surface area contributed by atoms with E-state index < -0.39 is 0 Å². The van der Waals surface area contributed by atoms with Crippen LogP contribution < -0.4 is 16.0 Å². The van der Waals surface area contributed by atoms with Crippen LogP contribution in [0.2, 0.25) is 0 Å². The molecule has 1 unspecified atom stereocenters. The second-order valence-corrected chi connectivity index (χ2v) is 5.27. The van der Waals surface area contributed by atoms with Gasteiger partial charge in [-0.3, -0.25) is 9.79 Å². The Balaban J connectivity index is 1.95. The van der Waals surface area contributed by atoms with E-state index in [1.54, 1.807) is 7.05 Å². The van der Waals surface area contributed by atoms with Gasteiger partial charge in [-0.15, -0.1) is 0 Å². The van der Waals surface area contributed by atoms with E-state index in [9.17, 15) is 4.79 Å². The molecule has 5 nitrogen and oxygen atoms in total. The molecule has 0 saturated heterocycles. The minimum atomic E-state index is 0.0782. The SMILES string of the molecule is CCCCNC(=NC)NCC1CC(=O)Nc2ccccc21. The molecule has 0 aliphatic carbocycles. The van der Waals surface area contributed by atoms with Gasteiger partial charge >= 0.3 is 0 Å². The lowest BCUT2D eigenvalue weighted by Crippen LogP contribution is -2.41. The maximum atomic E-state index is 11.8. The van der Waals surface area contributed by atoms with E-state index in [2.05, 4.69) is 33.9 Å². The molecule has 0 saturated carbocycles. The molecule has 2 rings (SSSR count). The molecule has 0 radical (unpaired) electrons. The number of amides is 1. The predicted molar refractivity (Wildman–Crippen MR) is 86.7 cm³/mol. The number of para-hydroxylation sites is 1. The van der Waals surface area contributed by atoms with Crippen LogP contribution in [0.5, 0.6) is 0 Å². The summed E-state index contributed by atoms with van der Waals surface area (Å²) < 4.78 is 0. The number of hydrogen-bond acceptors (Lipinski definition) is 2. The second kappa shape index (κ2) is 7.67. The average Bonchev–Trinajstić information content (AvgIpc) is 2.50. The van der Waals surface area contributed by atoms with Crippen molar-refractivity contribution in [2.45, 2.75) is 32.1 Å². The number of fused-ring (bicyclic) bond motifs is 1. The first-order valence-corrected chi connectivity index (χ1v) is 7.58. The van der Waals surface area contributed by atoms with Gasteiger partial charge in [-0.05, 0) is 18.1 Å². The van der Waals surface area contributed by atoms with E-state index in [0.717, 1.165) is 31.0 Å². The molecule has 0 fully saturated rings. The Morgan fingerprint density at radius 3 is 2.95 bits per heavy atom. The van der Waals surface area contributed by atoms with Crippen LogP contribution in [0.3, 0.4) is 0 Å². The number of hydrogen-bond donors (Lipinski definition) is 3. The third-order valence-corrected chi connectivity index (χ3v) is 3.67. The molecule has 1 aromatic carbocycles. The molecular weight excluding hydrogens is 264 g/mol. The summed E-state index contributed by atoms with van der Waals surface area (Å²) in [7, 11) is 1.77. The zero-order valence-corrected chi connectivity index (χ0v) is 12.8. The Kier molecular flexibility index (Phi) is 5.60. The molecule has 1 aliphatic heterocycles. The Hall–Kier alpha value is -2.04. The van der Waals surface area contributed by atoms with Gasteiger partial charge in [0, 0.05) is 38.2 Å². The summed E-state index contributed by atoms with van der Waals surface area (Å²) in [4.78, 5) is 16.0. The van der Waals surface area contributed by atoms with E-state index in [1.165, 1.54) is 5.56 Å². The van der Waals surface area contributed by atoms with Crippen molar-refractivity contribution in [3.05, 3.63) is 29.8 Å². The number of nitrogens with zero attached hydrogens (tertiary/aromatic N) is 1. The zero-order valence-electron chi connectivity index (χ0n) is 12.8. The highest BCUT2D eigenvalue weighted by atomic mass is 16.1. The standard InChI is InChI=1S/C16H24N4O/c1-3-4-9-18-16(17-2)19-11-12-10-15(21)20-14-8-6-5-7-13(12)14/h5-8,12H,3-4,9-11H2,1-2H3,(H,20,21)(H2,17,18,19). The van der Waals surface area contributed by atoms with E-state index >= 15 is 0 Å². The lowest BCUT2D eigenvalue weighted by molar-refractivity contribution is -0.116. The highest BCUT2D eigenvalue weighted by Crippen LogP contribution is 2.31. The molecule has 1 heterocycles. The fourth-order valence-electron chi connectivity index (χ4n) is 2.51. The molecule has 0 aromatic heterocycles. The topological polar surface area (TPSA) is 65.5 Å². The van der Waals surface area contributed by atoms with Crippen LogP contribution in [-0.2, 0) is 4.79 Å². The third kappa shape index (κ3) is 4.21. The van der Waals surface area contributed by atoms with Crippen molar-refractivity contribution >= 4 is 17.6 Å². The second-order valence-electron chi connectivity index (χ2n) is 5.27. The number of rotatable bonds is 5. The summed E-state index contributed by atoms with van der Waals surface area (Å²) in [5.74, 6) is 1.06. The summed E-state index contributed by atoms with van der Waals surface area (Å²) in [6, 6.07) is 7.99. The van der Waals surface area contributed by atoms with Gasteiger partial charge in [0.15, 0.2) is 5.96 Å². The van der Waals surface area contributed by atoms with Gasteiger partial charge in [0.05, 0.1) is 0 Å². The number of carbonyl (C=O) groups is 1. The molecule has 0 spiro atoms. The fourth-order valence-corrected chi connectivity index (χ4v) is 2.51. The Bertz CT molecular complexity index is 513. The molecule has 0 bridgehead atoms. The Morgan fingerprint density at radius 2 is 2.19 bits per heavy atom. The smallest absolute Gasteiger partial charge is 0.225 e. The van der Waals surface area contributed by atoms with Crippen LogP contribution in [0.4, 0.5) is 5.69 Å². The normalized spacial score (nSPS) is 17.9. The number of benzene rings is 1. The molecule has 3 N–H and O–H groups in total. The zero-order chi connectivity index (χ0) is 15.1. The van der Waals surface area contributed by atoms with Crippen LogP contribution in [0.15, 0.2) is 29.3 Å². The maximum absolute atomic E-state index is 11.8. The summed E-state index contributed by atoms with van der Waals surface area (Å²) in [5, 5.41) is 9.52. The molecular formula is C16H24N4O. The molecule has 21 heavy (non-hydrogen) atoms. The van der Waals surface area contributed by atoms with Gasteiger partial charge in [0.2, 0.25) is 5.91 Å². The number of guanidine groups is 1. The van der Waals surface area contributed by atoms with E-state index in [0.29, 0.717) is 13.0 Å². The lowest BCUT2D eigenvalue weighted by atomic mass is 9.90. The Labute approximate surface area is 126 Å². The average molecular weight is 288 g/mol. The Morgan fingerprint density at radius 1 is 1.38 bits per heavy atom. The van der Waals surface area contributed by atoms with Gasteiger partial charge in [-0.2, -0.15) is 0 Å². The quantitative estimate of drug-likeness (QED) is 0.441. The fraction of sp³-hybridized carbons (Fsp3) is 0.500. The van der Waals surface area contributed by atoms with Crippen molar-refractivity contribution in [1.29, 1.82) is 0 Å². The maximum Gasteiger partial charge on any atom is 0.225 e. The van der Waals surface area contributed by atoms with Gasteiger partial charge < -0.3 is 16.0 Å². The first-order chi connectivity index (χ1) is 10.2. The van der Waals surface area contributed by atoms with Crippen molar-refractivity contribution in [3.63, 3.8) is 0 Å². The largest absolute Gasteiger partial charge is 0.356 e. The van der Waals surface area contributed by atoms with Crippen LogP contribution in [0.25, 0.3) is 0 Å². The van der Waals surface area contributed by atoms with Crippen molar-refractivity contribution < 1.29 is 4.79 Å². The van der Waals surface area contributed by atoms with Crippen LogP contribution >= 0.6 is 0 Å². The number of nitrogens with one attached hydrogen (secondary N) is 3. The van der Waals surface area contributed by atoms with Crippen LogP contribution in [0, 0.1) is 0 Å². The van der Waals surface area contributed by atoms with Gasteiger partial charge in [-0.25, -0.2) is 0 Å². The van der Waals surface area contributed by atoms with Crippen molar-refractivity contribution in [2.24, 2.45) is 4.99 Å². The van der Waals surface area contributed by atoms with E-state index in [-0.39, 0.29) is 11.8 Å². The predicted octanol–water partition coefficient (Wildman–Crippen LogP) is 2.08. The highest BCUT2D eigenvalue weighted by molar-refractivity contribution is 5.94. The first kappa shape index (κ1) is 15.4.